The Bertz CT molecular complexity index is 1530. The van der Waals surface area contributed by atoms with E-state index in [9.17, 15) is 18.4 Å². The molecule has 1 atom stereocenters. The topological polar surface area (TPSA) is 81.3 Å². The van der Waals surface area contributed by atoms with Crippen LogP contribution in [0.4, 0.5) is 14.6 Å². The molecule has 2 saturated heterocycles. The maximum atomic E-state index is 13.6. The number of carbonyl (C=O) groups excluding carboxylic acids is 2. The average Bonchev–Trinajstić information content (AvgIpc) is 3.70. The molecule has 9 heteroatoms. The molecule has 0 bridgehead atoms. The van der Waals surface area contributed by atoms with Crippen LogP contribution in [0.1, 0.15) is 57.5 Å². The first kappa shape index (κ1) is 26.1. The molecule has 3 aromatic carbocycles. The molecular weight excluding hydrogens is 512 g/mol. The molecule has 0 unspecified atom stereocenters. The number of amides is 2. The lowest BCUT2D eigenvalue weighted by Crippen LogP contribution is -2.42. The van der Waals surface area contributed by atoms with E-state index in [1.54, 1.807) is 24.3 Å². The van der Waals surface area contributed by atoms with Gasteiger partial charge in [0, 0.05) is 41.7 Å². The van der Waals surface area contributed by atoms with E-state index in [0.29, 0.717) is 34.3 Å². The lowest BCUT2D eigenvalue weighted by Gasteiger charge is -2.28. The molecule has 2 aliphatic heterocycles. The van der Waals surface area contributed by atoms with Gasteiger partial charge in [-0.05, 0) is 105 Å². The highest BCUT2D eigenvalue weighted by atomic mass is 19.1. The number of hydrogen-bond donors (Lipinski definition) is 2. The zero-order valence-corrected chi connectivity index (χ0v) is 22.1. The molecule has 6 rings (SSSR count). The summed E-state index contributed by atoms with van der Waals surface area (Å²) in [4.78, 5) is 30.7. The summed E-state index contributed by atoms with van der Waals surface area (Å²) in [5.41, 5.74) is 3.04. The predicted octanol–water partition coefficient (Wildman–Crippen LogP) is 5.38. The summed E-state index contributed by atoms with van der Waals surface area (Å²) in [7, 11) is 0. The molecule has 2 aliphatic rings. The van der Waals surface area contributed by atoms with Gasteiger partial charge in [0.1, 0.15) is 11.6 Å². The largest absolute Gasteiger partial charge is 0.334 e. The van der Waals surface area contributed by atoms with Crippen LogP contribution in [0.25, 0.3) is 10.9 Å². The maximum Gasteiger partial charge on any atom is 0.256 e. The normalized spacial score (nSPS) is 17.6. The SMILES string of the molecule is O=C(Nc1n[nH]c2ccc(Cc3cc(F)cc(F)c3)cc12)c1ccc(C(=O)N2CCC[C@H]2CN2CCCC2)cc1. The summed E-state index contributed by atoms with van der Waals surface area (Å²) in [6, 6.07) is 15.9. The number of carbonyl (C=O) groups is 2. The summed E-state index contributed by atoms with van der Waals surface area (Å²) < 4.78 is 27.2. The van der Waals surface area contributed by atoms with Crippen LogP contribution in [0.3, 0.4) is 0 Å². The number of aromatic nitrogens is 2. The van der Waals surface area contributed by atoms with E-state index in [4.69, 9.17) is 0 Å². The lowest BCUT2D eigenvalue weighted by atomic mass is 10.0. The lowest BCUT2D eigenvalue weighted by molar-refractivity contribution is 0.0708. The van der Waals surface area contributed by atoms with E-state index >= 15 is 0 Å². The number of rotatable bonds is 7. The summed E-state index contributed by atoms with van der Waals surface area (Å²) in [5.74, 6) is -1.23. The average molecular weight is 544 g/mol. The molecule has 7 nitrogen and oxygen atoms in total. The highest BCUT2D eigenvalue weighted by Gasteiger charge is 2.31. The van der Waals surface area contributed by atoms with Gasteiger partial charge in [-0.2, -0.15) is 5.10 Å². The molecule has 2 fully saturated rings. The summed E-state index contributed by atoms with van der Waals surface area (Å²) in [5, 5.41) is 10.7. The standard InChI is InChI=1S/C31H31F2N5O2/c32-24-15-21(16-25(33)18-24)14-20-5-10-28-27(17-20)29(36-35-28)34-30(39)22-6-8-23(9-7-22)31(40)38-13-3-4-26(38)19-37-11-1-2-12-37/h5-10,15-18,26H,1-4,11-14,19H2,(H2,34,35,36,39)/t26-/m0/s1. The minimum absolute atomic E-state index is 0.0117. The van der Waals surface area contributed by atoms with Crippen molar-refractivity contribution in [2.75, 3.05) is 31.5 Å². The summed E-state index contributed by atoms with van der Waals surface area (Å²) in [6.07, 6.45) is 4.84. The maximum absolute atomic E-state index is 13.6. The van der Waals surface area contributed by atoms with Gasteiger partial charge in [0.15, 0.2) is 5.82 Å². The highest BCUT2D eigenvalue weighted by Crippen LogP contribution is 2.25. The van der Waals surface area contributed by atoms with E-state index in [-0.39, 0.29) is 17.9 Å². The zero-order valence-electron chi connectivity index (χ0n) is 22.1. The fraction of sp³-hybridized carbons (Fsp3) is 0.323. The Morgan fingerprint density at radius 2 is 1.60 bits per heavy atom. The first-order valence-electron chi connectivity index (χ1n) is 13.8. The van der Waals surface area contributed by atoms with Crippen LogP contribution in [0, 0.1) is 11.6 Å². The molecule has 0 aliphatic carbocycles. The van der Waals surface area contributed by atoms with Gasteiger partial charge in [0.05, 0.1) is 5.52 Å². The van der Waals surface area contributed by atoms with Gasteiger partial charge in [-0.1, -0.05) is 6.07 Å². The van der Waals surface area contributed by atoms with Crippen LogP contribution in [0.5, 0.6) is 0 Å². The number of benzene rings is 3. The van der Waals surface area contributed by atoms with E-state index in [1.807, 2.05) is 23.1 Å². The monoisotopic (exact) mass is 543 g/mol. The van der Waals surface area contributed by atoms with Crippen molar-refractivity contribution in [2.45, 2.75) is 38.1 Å². The molecule has 0 spiro atoms. The number of aromatic amines is 1. The Morgan fingerprint density at radius 3 is 2.35 bits per heavy atom. The van der Waals surface area contributed by atoms with Crippen molar-refractivity contribution < 1.29 is 18.4 Å². The van der Waals surface area contributed by atoms with Gasteiger partial charge >= 0.3 is 0 Å². The number of H-pyrrole nitrogens is 1. The molecule has 0 radical (unpaired) electrons. The van der Waals surface area contributed by atoms with Crippen molar-refractivity contribution in [3.63, 3.8) is 0 Å². The van der Waals surface area contributed by atoms with Gasteiger partial charge in [-0.15, -0.1) is 0 Å². The molecule has 3 heterocycles. The van der Waals surface area contributed by atoms with Gasteiger partial charge in [-0.25, -0.2) is 8.78 Å². The van der Waals surface area contributed by atoms with Gasteiger partial charge in [0.25, 0.3) is 11.8 Å². The molecule has 0 saturated carbocycles. The quantitative estimate of drug-likeness (QED) is 0.328. The second-order valence-corrected chi connectivity index (χ2v) is 10.7. The zero-order chi connectivity index (χ0) is 27.6. The van der Waals surface area contributed by atoms with Crippen molar-refractivity contribution in [3.8, 4) is 0 Å². The number of anilines is 1. The Kier molecular flexibility index (Phi) is 7.30. The van der Waals surface area contributed by atoms with Crippen molar-refractivity contribution in [1.29, 1.82) is 0 Å². The molecule has 206 valence electrons. The summed E-state index contributed by atoms with van der Waals surface area (Å²) in [6.45, 7) is 3.93. The number of nitrogens with zero attached hydrogens (tertiary/aromatic N) is 3. The van der Waals surface area contributed by atoms with E-state index in [1.165, 1.54) is 25.0 Å². The highest BCUT2D eigenvalue weighted by molar-refractivity contribution is 6.08. The van der Waals surface area contributed by atoms with Gasteiger partial charge < -0.3 is 15.1 Å². The first-order chi connectivity index (χ1) is 19.4. The second kappa shape index (κ2) is 11.2. The number of hydrogen-bond acceptors (Lipinski definition) is 4. The minimum Gasteiger partial charge on any atom is -0.334 e. The van der Waals surface area contributed by atoms with Crippen molar-refractivity contribution in [3.05, 3.63) is 94.6 Å². The summed E-state index contributed by atoms with van der Waals surface area (Å²) >= 11 is 0. The van der Waals surface area contributed by atoms with E-state index in [0.717, 1.165) is 56.2 Å². The van der Waals surface area contributed by atoms with Crippen molar-refractivity contribution in [2.24, 2.45) is 0 Å². The number of halogens is 2. The fourth-order valence-electron chi connectivity index (χ4n) is 5.88. The third kappa shape index (κ3) is 5.60. The number of likely N-dealkylation sites (tertiary alicyclic amines) is 2. The fourth-order valence-corrected chi connectivity index (χ4v) is 5.88. The molecule has 1 aromatic heterocycles. The first-order valence-corrected chi connectivity index (χ1v) is 13.8. The molecule has 2 N–H and O–H groups in total. The number of fused-ring (bicyclic) bond motifs is 1. The third-order valence-corrected chi connectivity index (χ3v) is 7.89. The molecular formula is C31H31F2N5O2. The Balaban J connectivity index is 1.13. The van der Waals surface area contributed by atoms with Crippen LogP contribution >= 0.6 is 0 Å². The van der Waals surface area contributed by atoms with Gasteiger partial charge in [0.2, 0.25) is 0 Å². The van der Waals surface area contributed by atoms with Crippen molar-refractivity contribution >= 4 is 28.5 Å². The third-order valence-electron chi connectivity index (χ3n) is 7.89. The van der Waals surface area contributed by atoms with Crippen LogP contribution in [-0.2, 0) is 6.42 Å². The molecule has 40 heavy (non-hydrogen) atoms. The molecule has 4 aromatic rings. The Morgan fingerprint density at radius 1 is 0.875 bits per heavy atom. The van der Waals surface area contributed by atoms with Crippen LogP contribution in [-0.4, -0.2) is 64.0 Å². The second-order valence-electron chi connectivity index (χ2n) is 10.7. The van der Waals surface area contributed by atoms with E-state index < -0.39 is 11.6 Å². The van der Waals surface area contributed by atoms with Crippen LogP contribution in [0.2, 0.25) is 0 Å². The van der Waals surface area contributed by atoms with E-state index in [2.05, 4.69) is 20.4 Å². The smallest absolute Gasteiger partial charge is 0.256 e. The predicted molar refractivity (Wildman–Crippen MR) is 149 cm³/mol. The van der Waals surface area contributed by atoms with Crippen LogP contribution in [0.15, 0.2) is 60.7 Å². The van der Waals surface area contributed by atoms with Gasteiger partial charge in [-0.3, -0.25) is 14.7 Å². The van der Waals surface area contributed by atoms with Crippen LogP contribution < -0.4 is 5.32 Å². The Labute approximate surface area is 231 Å². The number of nitrogens with one attached hydrogen (secondary N) is 2. The molecule has 2 amide bonds. The Hall–Kier alpha value is -4.11. The van der Waals surface area contributed by atoms with Crippen molar-refractivity contribution in [1.82, 2.24) is 20.0 Å². The minimum atomic E-state index is -0.623.